The van der Waals surface area contributed by atoms with Crippen LogP contribution in [0.4, 0.5) is 0 Å². The van der Waals surface area contributed by atoms with Crippen molar-refractivity contribution in [3.05, 3.63) is 23.8 Å². The Labute approximate surface area is 143 Å². The zero-order chi connectivity index (χ0) is 17.5. The van der Waals surface area contributed by atoms with E-state index >= 15 is 0 Å². The molecule has 1 aromatic carbocycles. The van der Waals surface area contributed by atoms with Gasteiger partial charge in [0, 0.05) is 25.7 Å². The number of carbonyl (C=O) groups is 1. The van der Waals surface area contributed by atoms with E-state index in [1.807, 2.05) is 25.2 Å². The molecule has 0 heterocycles. The molecule has 1 saturated carbocycles. The summed E-state index contributed by atoms with van der Waals surface area (Å²) >= 11 is 0. The summed E-state index contributed by atoms with van der Waals surface area (Å²) in [5, 5.41) is 1.68. The van der Waals surface area contributed by atoms with Gasteiger partial charge in [0.05, 0.1) is 13.0 Å². The number of ether oxygens (including phenoxy) is 4. The minimum atomic E-state index is -0.00688. The summed E-state index contributed by atoms with van der Waals surface area (Å²) in [5.41, 5.74) is 1.00. The molecule has 1 aliphatic rings. The highest BCUT2D eigenvalue weighted by Crippen LogP contribution is 2.46. The van der Waals surface area contributed by atoms with E-state index in [0.29, 0.717) is 11.7 Å². The fourth-order valence-corrected chi connectivity index (χ4v) is 3.45. The SMILES string of the molecule is C[NH2+]C(=O)[C@H]1C[C@@H](C)C[C@H]1c1cc(OCOC)ccc1OCOC. The lowest BCUT2D eigenvalue weighted by molar-refractivity contribution is -0.542. The molecule has 1 aromatic rings. The molecule has 0 unspecified atom stereocenters. The lowest BCUT2D eigenvalue weighted by Gasteiger charge is -2.21. The summed E-state index contributed by atoms with van der Waals surface area (Å²) in [4.78, 5) is 12.4. The number of carbonyl (C=O) groups excluding carboxylic acids is 1. The zero-order valence-electron chi connectivity index (χ0n) is 14.9. The third-order valence-electron chi connectivity index (χ3n) is 4.50. The van der Waals surface area contributed by atoms with Crippen molar-refractivity contribution in [2.45, 2.75) is 25.7 Å². The first-order valence-corrected chi connectivity index (χ1v) is 8.31. The molecule has 0 aromatic heterocycles. The lowest BCUT2D eigenvalue weighted by atomic mass is 9.87. The van der Waals surface area contributed by atoms with Gasteiger partial charge in [0.15, 0.2) is 13.6 Å². The molecule has 2 N–H and O–H groups in total. The van der Waals surface area contributed by atoms with Crippen molar-refractivity contribution >= 4 is 5.91 Å². The summed E-state index contributed by atoms with van der Waals surface area (Å²) < 4.78 is 21.3. The molecule has 0 saturated heterocycles. The van der Waals surface area contributed by atoms with Crippen molar-refractivity contribution in [1.29, 1.82) is 0 Å². The highest BCUT2D eigenvalue weighted by Gasteiger charge is 2.40. The maximum absolute atomic E-state index is 12.4. The van der Waals surface area contributed by atoms with Gasteiger partial charge >= 0.3 is 5.91 Å². The van der Waals surface area contributed by atoms with Gasteiger partial charge in [-0.25, -0.2) is 4.79 Å². The van der Waals surface area contributed by atoms with E-state index in [1.54, 1.807) is 19.5 Å². The number of primary amides is 1. The van der Waals surface area contributed by atoms with Crippen molar-refractivity contribution in [3.8, 4) is 11.5 Å². The number of hydrogen-bond donors (Lipinski definition) is 1. The van der Waals surface area contributed by atoms with E-state index in [2.05, 4.69) is 6.92 Å². The molecule has 0 bridgehead atoms. The first kappa shape index (κ1) is 18.7. The van der Waals surface area contributed by atoms with Crippen LogP contribution in [0.1, 0.15) is 31.2 Å². The van der Waals surface area contributed by atoms with Crippen LogP contribution in [0.5, 0.6) is 11.5 Å². The Bertz CT molecular complexity index is 548. The molecule has 134 valence electrons. The summed E-state index contributed by atoms with van der Waals surface area (Å²) in [6, 6.07) is 5.68. The number of hydrogen-bond acceptors (Lipinski definition) is 5. The normalized spacial score (nSPS) is 23.2. The van der Waals surface area contributed by atoms with Crippen molar-refractivity contribution in [3.63, 3.8) is 0 Å². The fourth-order valence-electron chi connectivity index (χ4n) is 3.45. The summed E-state index contributed by atoms with van der Waals surface area (Å²) in [5.74, 6) is 2.28. The predicted octanol–water partition coefficient (Wildman–Crippen LogP) is 1.50. The molecule has 1 aliphatic carbocycles. The Morgan fingerprint density at radius 3 is 2.54 bits per heavy atom. The van der Waals surface area contributed by atoms with E-state index in [1.165, 1.54) is 0 Å². The standard InChI is InChI=1S/C18H27NO5/c1-12-7-14(16(8-12)18(20)19-2)15-9-13(23-10-21-3)5-6-17(15)24-11-22-4/h5-6,9,12,14,16H,7-8,10-11H2,1-4H3,(H,19,20)/p+1/t12-,14-,16-/m0/s1. The predicted molar refractivity (Wildman–Crippen MR) is 88.9 cm³/mol. The Kier molecular flexibility index (Phi) is 7.02. The first-order chi connectivity index (χ1) is 11.6. The highest BCUT2D eigenvalue weighted by molar-refractivity contribution is 5.71. The lowest BCUT2D eigenvalue weighted by Crippen LogP contribution is -2.85. The molecule has 1 amide bonds. The van der Waals surface area contributed by atoms with Gasteiger partial charge in [0.2, 0.25) is 0 Å². The van der Waals surface area contributed by atoms with Crippen LogP contribution in [-0.2, 0) is 14.3 Å². The first-order valence-electron chi connectivity index (χ1n) is 8.31. The van der Waals surface area contributed by atoms with Crippen LogP contribution in [0.15, 0.2) is 18.2 Å². The van der Waals surface area contributed by atoms with E-state index in [4.69, 9.17) is 18.9 Å². The van der Waals surface area contributed by atoms with Gasteiger partial charge < -0.3 is 18.9 Å². The highest BCUT2D eigenvalue weighted by atomic mass is 16.7. The van der Waals surface area contributed by atoms with Gasteiger partial charge in [-0.3, -0.25) is 5.32 Å². The Morgan fingerprint density at radius 2 is 1.88 bits per heavy atom. The molecular weight excluding hydrogens is 310 g/mol. The molecule has 1 fully saturated rings. The van der Waals surface area contributed by atoms with Crippen molar-refractivity contribution in [2.24, 2.45) is 11.8 Å². The number of benzene rings is 1. The second-order valence-corrected chi connectivity index (χ2v) is 6.28. The second kappa shape index (κ2) is 9.01. The van der Waals surface area contributed by atoms with Crippen LogP contribution >= 0.6 is 0 Å². The summed E-state index contributed by atoms with van der Waals surface area (Å²) in [7, 11) is 4.98. The van der Waals surface area contributed by atoms with Gasteiger partial charge in [-0.1, -0.05) is 6.92 Å². The Hall–Kier alpha value is -1.63. The van der Waals surface area contributed by atoms with Crippen LogP contribution in [0.2, 0.25) is 0 Å². The van der Waals surface area contributed by atoms with Gasteiger partial charge in [0.1, 0.15) is 11.5 Å². The van der Waals surface area contributed by atoms with Gasteiger partial charge in [0.25, 0.3) is 0 Å². The summed E-state index contributed by atoms with van der Waals surface area (Å²) in [6.45, 7) is 2.55. The molecule has 0 radical (unpaired) electrons. The monoisotopic (exact) mass is 338 g/mol. The van der Waals surface area contributed by atoms with Crippen LogP contribution in [-0.4, -0.2) is 40.8 Å². The van der Waals surface area contributed by atoms with Crippen LogP contribution in [0, 0.1) is 11.8 Å². The van der Waals surface area contributed by atoms with E-state index < -0.39 is 0 Å². The van der Waals surface area contributed by atoms with Gasteiger partial charge in [-0.2, -0.15) is 0 Å². The van der Waals surface area contributed by atoms with Gasteiger partial charge in [-0.05, 0) is 37.0 Å². The van der Waals surface area contributed by atoms with Crippen LogP contribution < -0.4 is 14.8 Å². The number of amides is 1. The van der Waals surface area contributed by atoms with Crippen LogP contribution in [0.25, 0.3) is 0 Å². The Balaban J connectivity index is 2.33. The van der Waals surface area contributed by atoms with E-state index in [0.717, 1.165) is 24.2 Å². The molecule has 6 heteroatoms. The minimum Gasteiger partial charge on any atom is -0.468 e. The molecular formula is C18H28NO5+. The smallest absolute Gasteiger partial charge is 0.313 e. The number of quaternary nitrogens is 1. The largest absolute Gasteiger partial charge is 0.468 e. The fraction of sp³-hybridized carbons (Fsp3) is 0.611. The van der Waals surface area contributed by atoms with Crippen molar-refractivity contribution < 1.29 is 29.1 Å². The minimum absolute atomic E-state index is 0.00688. The summed E-state index contributed by atoms with van der Waals surface area (Å²) in [6.07, 6.45) is 1.86. The molecule has 0 aliphatic heterocycles. The maximum atomic E-state index is 12.4. The molecule has 6 nitrogen and oxygen atoms in total. The second-order valence-electron chi connectivity index (χ2n) is 6.28. The average Bonchev–Trinajstić information content (AvgIpc) is 2.99. The average molecular weight is 338 g/mol. The third-order valence-corrected chi connectivity index (χ3v) is 4.50. The zero-order valence-corrected chi connectivity index (χ0v) is 14.9. The molecule has 3 atom stereocenters. The van der Waals surface area contributed by atoms with Crippen LogP contribution in [0.3, 0.4) is 0 Å². The topological polar surface area (TPSA) is 70.6 Å². The molecule has 2 rings (SSSR count). The van der Waals surface area contributed by atoms with Crippen molar-refractivity contribution in [2.75, 3.05) is 34.9 Å². The molecule has 24 heavy (non-hydrogen) atoms. The Morgan fingerprint density at radius 1 is 1.17 bits per heavy atom. The number of methoxy groups -OCH3 is 2. The third kappa shape index (κ3) is 4.47. The van der Waals surface area contributed by atoms with E-state index in [9.17, 15) is 4.79 Å². The maximum Gasteiger partial charge on any atom is 0.313 e. The van der Waals surface area contributed by atoms with E-state index in [-0.39, 0.29) is 31.3 Å². The quantitative estimate of drug-likeness (QED) is 0.728. The van der Waals surface area contributed by atoms with Crippen molar-refractivity contribution in [1.82, 2.24) is 0 Å². The molecule has 0 spiro atoms. The van der Waals surface area contributed by atoms with Gasteiger partial charge in [-0.15, -0.1) is 0 Å². The number of rotatable bonds is 8. The number of nitrogens with two attached hydrogens (primary N) is 1.